The largest absolute Gasteiger partial charge is 0.349 e. The van der Waals surface area contributed by atoms with E-state index >= 15 is 0 Å². The Morgan fingerprint density at radius 3 is 2.37 bits per heavy atom. The van der Waals surface area contributed by atoms with E-state index in [0.29, 0.717) is 18.0 Å². The van der Waals surface area contributed by atoms with Gasteiger partial charge in [-0.25, -0.2) is 0 Å². The molecule has 1 aliphatic carbocycles. The maximum atomic E-state index is 12.1. The minimum absolute atomic E-state index is 0.0354. The molecule has 1 aliphatic rings. The van der Waals surface area contributed by atoms with E-state index in [-0.39, 0.29) is 5.91 Å². The monoisotopic (exact) mass is 260 g/mol. The van der Waals surface area contributed by atoms with Crippen LogP contribution >= 0.6 is 0 Å². The van der Waals surface area contributed by atoms with E-state index in [1.165, 1.54) is 12.8 Å². The Bertz CT molecular complexity index is 427. The van der Waals surface area contributed by atoms with Crippen molar-refractivity contribution < 1.29 is 4.79 Å². The lowest BCUT2D eigenvalue weighted by Gasteiger charge is -2.34. The molecule has 104 valence electrons. The maximum Gasteiger partial charge on any atom is 0.251 e. The van der Waals surface area contributed by atoms with Crippen LogP contribution in [0, 0.1) is 5.41 Å². The Labute approximate surface area is 115 Å². The zero-order valence-electron chi connectivity index (χ0n) is 11.9. The van der Waals surface area contributed by atoms with Crippen LogP contribution < -0.4 is 11.1 Å². The summed E-state index contributed by atoms with van der Waals surface area (Å²) in [5, 5.41) is 3.14. The summed E-state index contributed by atoms with van der Waals surface area (Å²) in [6.45, 7) is 5.12. The summed E-state index contributed by atoms with van der Waals surface area (Å²) in [5.41, 5.74) is 7.76. The van der Waals surface area contributed by atoms with Crippen LogP contribution in [0.25, 0.3) is 0 Å². The average Bonchev–Trinajstić information content (AvgIpc) is 2.41. The topological polar surface area (TPSA) is 55.1 Å². The van der Waals surface area contributed by atoms with Gasteiger partial charge in [-0.05, 0) is 48.8 Å². The molecule has 0 radical (unpaired) electrons. The van der Waals surface area contributed by atoms with Crippen LogP contribution in [0.4, 0.5) is 0 Å². The van der Waals surface area contributed by atoms with E-state index in [2.05, 4.69) is 19.2 Å². The number of hydrogen-bond acceptors (Lipinski definition) is 2. The van der Waals surface area contributed by atoms with Crippen LogP contribution in [-0.4, -0.2) is 11.9 Å². The highest BCUT2D eigenvalue weighted by Crippen LogP contribution is 2.35. The Morgan fingerprint density at radius 2 is 1.84 bits per heavy atom. The van der Waals surface area contributed by atoms with E-state index in [9.17, 15) is 4.79 Å². The lowest BCUT2D eigenvalue weighted by molar-refractivity contribution is 0.0909. The minimum atomic E-state index is 0.0354. The quantitative estimate of drug-likeness (QED) is 0.878. The summed E-state index contributed by atoms with van der Waals surface area (Å²) in [7, 11) is 0. The van der Waals surface area contributed by atoms with Gasteiger partial charge in [0.2, 0.25) is 0 Å². The molecule has 1 fully saturated rings. The van der Waals surface area contributed by atoms with Gasteiger partial charge in [-0.3, -0.25) is 4.79 Å². The Kier molecular flexibility index (Phi) is 4.25. The number of carbonyl (C=O) groups is 1. The molecule has 3 nitrogen and oxygen atoms in total. The van der Waals surface area contributed by atoms with Crippen LogP contribution in [0.5, 0.6) is 0 Å². The van der Waals surface area contributed by atoms with Crippen LogP contribution in [0.15, 0.2) is 24.3 Å². The molecule has 0 unspecified atom stereocenters. The molecule has 3 heteroatoms. The fourth-order valence-corrected chi connectivity index (χ4v) is 2.60. The van der Waals surface area contributed by atoms with Gasteiger partial charge in [0.05, 0.1) is 0 Å². The molecule has 3 N–H and O–H groups in total. The van der Waals surface area contributed by atoms with Gasteiger partial charge in [-0.2, -0.15) is 0 Å². The van der Waals surface area contributed by atoms with E-state index < -0.39 is 0 Å². The predicted molar refractivity (Wildman–Crippen MR) is 77.8 cm³/mol. The molecule has 0 bridgehead atoms. The van der Waals surface area contributed by atoms with Gasteiger partial charge in [0.25, 0.3) is 5.91 Å². The van der Waals surface area contributed by atoms with Crippen molar-refractivity contribution >= 4 is 5.91 Å². The van der Waals surface area contributed by atoms with Crippen LogP contribution in [0.2, 0.25) is 0 Å². The van der Waals surface area contributed by atoms with Crippen molar-refractivity contribution in [1.82, 2.24) is 5.32 Å². The normalized spacial score (nSPS) is 19.1. The first-order valence-corrected chi connectivity index (χ1v) is 7.10. The van der Waals surface area contributed by atoms with Crippen LogP contribution in [-0.2, 0) is 6.54 Å². The zero-order valence-corrected chi connectivity index (χ0v) is 11.9. The molecule has 0 saturated heterocycles. The smallest absolute Gasteiger partial charge is 0.251 e. The molecule has 1 aromatic rings. The van der Waals surface area contributed by atoms with Crippen LogP contribution in [0.3, 0.4) is 0 Å². The highest BCUT2D eigenvalue weighted by Gasteiger charge is 2.27. The Morgan fingerprint density at radius 1 is 1.26 bits per heavy atom. The second kappa shape index (κ2) is 5.74. The van der Waals surface area contributed by atoms with E-state index in [1.54, 1.807) is 0 Å². The molecule has 2 rings (SSSR count). The zero-order chi connectivity index (χ0) is 13.9. The summed E-state index contributed by atoms with van der Waals surface area (Å²) < 4.78 is 0. The predicted octanol–water partition coefficient (Wildman–Crippen LogP) is 2.84. The second-order valence-corrected chi connectivity index (χ2v) is 6.31. The fourth-order valence-electron chi connectivity index (χ4n) is 2.60. The molecule has 19 heavy (non-hydrogen) atoms. The van der Waals surface area contributed by atoms with Crippen molar-refractivity contribution in [1.29, 1.82) is 0 Å². The molecule has 0 heterocycles. The fraction of sp³-hybridized carbons (Fsp3) is 0.562. The van der Waals surface area contributed by atoms with Crippen molar-refractivity contribution in [2.24, 2.45) is 11.1 Å². The molecule has 0 aromatic heterocycles. The first kappa shape index (κ1) is 14.1. The summed E-state index contributed by atoms with van der Waals surface area (Å²) >= 11 is 0. The molecule has 0 atom stereocenters. The highest BCUT2D eigenvalue weighted by atomic mass is 16.1. The van der Waals surface area contributed by atoms with Gasteiger partial charge in [0.15, 0.2) is 0 Å². The molecule has 1 saturated carbocycles. The molecular weight excluding hydrogens is 236 g/mol. The Balaban J connectivity index is 1.90. The number of nitrogens with one attached hydrogen (secondary N) is 1. The number of benzene rings is 1. The van der Waals surface area contributed by atoms with Gasteiger partial charge in [0, 0.05) is 18.2 Å². The number of amides is 1. The van der Waals surface area contributed by atoms with Crippen molar-refractivity contribution in [3.63, 3.8) is 0 Å². The Hall–Kier alpha value is -1.35. The van der Waals surface area contributed by atoms with Gasteiger partial charge < -0.3 is 11.1 Å². The molecule has 0 spiro atoms. The first-order chi connectivity index (χ1) is 9.00. The summed E-state index contributed by atoms with van der Waals surface area (Å²) in [6.07, 6.45) is 4.54. The number of rotatable bonds is 3. The van der Waals surface area contributed by atoms with E-state index in [1.807, 2.05) is 24.3 Å². The minimum Gasteiger partial charge on any atom is -0.349 e. The van der Waals surface area contributed by atoms with Gasteiger partial charge in [0.1, 0.15) is 0 Å². The van der Waals surface area contributed by atoms with Gasteiger partial charge in [-0.15, -0.1) is 0 Å². The van der Waals surface area contributed by atoms with Gasteiger partial charge >= 0.3 is 0 Å². The average molecular weight is 260 g/mol. The molecule has 1 aromatic carbocycles. The van der Waals surface area contributed by atoms with E-state index in [0.717, 1.165) is 24.0 Å². The first-order valence-electron chi connectivity index (χ1n) is 7.10. The van der Waals surface area contributed by atoms with Crippen LogP contribution in [0.1, 0.15) is 55.5 Å². The molecular formula is C16H24N2O. The SMILES string of the molecule is CC1(C)CCC(NC(=O)c2ccc(CN)cc2)CC1. The van der Waals surface area contributed by atoms with Gasteiger partial charge in [-0.1, -0.05) is 26.0 Å². The maximum absolute atomic E-state index is 12.1. The van der Waals surface area contributed by atoms with Crippen molar-refractivity contribution in [2.75, 3.05) is 0 Å². The lowest BCUT2D eigenvalue weighted by atomic mass is 9.75. The number of nitrogens with two attached hydrogens (primary N) is 1. The number of carbonyl (C=O) groups excluding carboxylic acids is 1. The lowest BCUT2D eigenvalue weighted by Crippen LogP contribution is -2.39. The summed E-state index contributed by atoms with van der Waals surface area (Å²) in [5.74, 6) is 0.0354. The standard InChI is InChI=1S/C16H24N2O/c1-16(2)9-7-14(8-10-16)18-15(19)13-5-3-12(11-17)4-6-13/h3-6,14H,7-11,17H2,1-2H3,(H,18,19). The third-order valence-corrected chi connectivity index (χ3v) is 4.13. The summed E-state index contributed by atoms with van der Waals surface area (Å²) in [4.78, 5) is 12.1. The number of hydrogen-bond donors (Lipinski definition) is 2. The third kappa shape index (κ3) is 3.80. The highest BCUT2D eigenvalue weighted by molar-refractivity contribution is 5.94. The van der Waals surface area contributed by atoms with Crippen molar-refractivity contribution in [2.45, 2.75) is 52.1 Å². The summed E-state index contributed by atoms with van der Waals surface area (Å²) in [6, 6.07) is 7.86. The third-order valence-electron chi connectivity index (χ3n) is 4.13. The second-order valence-electron chi connectivity index (χ2n) is 6.31. The molecule has 1 amide bonds. The van der Waals surface area contributed by atoms with Crippen molar-refractivity contribution in [3.8, 4) is 0 Å². The van der Waals surface area contributed by atoms with Crippen molar-refractivity contribution in [3.05, 3.63) is 35.4 Å². The molecule has 0 aliphatic heterocycles. The van der Waals surface area contributed by atoms with E-state index in [4.69, 9.17) is 5.73 Å².